The van der Waals surface area contributed by atoms with Gasteiger partial charge in [-0.2, -0.15) is 0 Å². The van der Waals surface area contributed by atoms with Crippen LogP contribution in [-0.2, 0) is 0 Å². The molecule has 10 aromatic carbocycles. The maximum Gasteiger partial charge on any atom is 0.0619 e. The summed E-state index contributed by atoms with van der Waals surface area (Å²) in [5.74, 6) is 0. The van der Waals surface area contributed by atoms with E-state index >= 15 is 0 Å². The minimum Gasteiger partial charge on any atom is -0.309 e. The van der Waals surface area contributed by atoms with Crippen LogP contribution < -0.4 is 4.90 Å². The molecule has 1 heteroatoms. The van der Waals surface area contributed by atoms with Crippen molar-refractivity contribution in [2.24, 2.45) is 0 Å². The van der Waals surface area contributed by atoms with E-state index in [0.29, 0.717) is 0 Å². The topological polar surface area (TPSA) is 3.24 Å². The molecule has 0 bridgehead atoms. The Morgan fingerprint density at radius 3 is 1.22 bits per heavy atom. The zero-order valence-corrected chi connectivity index (χ0v) is 25.9. The normalized spacial score (nSPS) is 12.4. The van der Waals surface area contributed by atoms with Crippen molar-refractivity contribution in [1.82, 2.24) is 0 Å². The Labute approximate surface area is 261 Å². The van der Waals surface area contributed by atoms with Crippen LogP contribution in [0.3, 0.4) is 0 Å². The van der Waals surface area contributed by atoms with Gasteiger partial charge in [0, 0.05) is 38.3 Å². The molecule has 0 radical (unpaired) electrons. The summed E-state index contributed by atoms with van der Waals surface area (Å²) in [5, 5.41) is 18.9. The number of rotatable bonds is 3. The minimum absolute atomic E-state index is 1.22. The van der Waals surface area contributed by atoms with Gasteiger partial charge in [-0.1, -0.05) is 108 Å². The predicted octanol–water partition coefficient (Wildman–Crippen LogP) is 12.8. The fourth-order valence-electron chi connectivity index (χ4n) is 8.66. The highest BCUT2D eigenvalue weighted by Gasteiger charge is 2.28. The number of hydrogen-bond acceptors (Lipinski definition) is 1. The van der Waals surface area contributed by atoms with Gasteiger partial charge in [0.1, 0.15) is 0 Å². The molecule has 45 heavy (non-hydrogen) atoms. The van der Waals surface area contributed by atoms with Gasteiger partial charge in [-0.05, 0) is 105 Å². The van der Waals surface area contributed by atoms with Crippen LogP contribution in [-0.4, -0.2) is 0 Å². The molecule has 0 aromatic heterocycles. The second-order valence-electron chi connectivity index (χ2n) is 13.2. The van der Waals surface area contributed by atoms with Crippen LogP contribution in [0.2, 0.25) is 0 Å². The van der Waals surface area contributed by atoms with Gasteiger partial charge in [0.2, 0.25) is 0 Å². The molecule has 0 atom stereocenters. The molecule has 212 valence electrons. The molecule has 0 amide bonds. The maximum atomic E-state index is 2.56. The first-order valence-electron chi connectivity index (χ1n) is 16.0. The summed E-state index contributed by atoms with van der Waals surface area (Å²) in [6.07, 6.45) is 0. The van der Waals surface area contributed by atoms with Gasteiger partial charge >= 0.3 is 0 Å². The fraction of sp³-hybridized carbons (Fsp3) is 0.0909. The lowest BCUT2D eigenvalue weighted by molar-refractivity contribution is 1.22. The van der Waals surface area contributed by atoms with Crippen LogP contribution in [0, 0.1) is 27.7 Å². The first kappa shape index (κ1) is 25.0. The van der Waals surface area contributed by atoms with E-state index in [0.717, 1.165) is 0 Å². The number of fused-ring (bicyclic) bond motifs is 2. The molecule has 0 unspecified atom stereocenters. The summed E-state index contributed by atoms with van der Waals surface area (Å²) in [5.41, 5.74) is 8.80. The Kier molecular flexibility index (Phi) is 4.78. The van der Waals surface area contributed by atoms with Crippen molar-refractivity contribution in [3.63, 3.8) is 0 Å². The molecule has 0 fully saturated rings. The first-order valence-corrected chi connectivity index (χ1v) is 16.0. The molecule has 0 heterocycles. The van der Waals surface area contributed by atoms with E-state index in [1.165, 1.54) is 115 Å². The van der Waals surface area contributed by atoms with Crippen LogP contribution in [0.1, 0.15) is 22.3 Å². The van der Waals surface area contributed by atoms with Crippen LogP contribution in [0.4, 0.5) is 17.1 Å². The smallest absolute Gasteiger partial charge is 0.0619 e. The van der Waals surface area contributed by atoms with Gasteiger partial charge < -0.3 is 4.90 Å². The highest BCUT2D eigenvalue weighted by Crippen LogP contribution is 2.55. The highest BCUT2D eigenvalue weighted by atomic mass is 15.1. The molecule has 0 aliphatic carbocycles. The molecule has 0 saturated heterocycles. The lowest BCUT2D eigenvalue weighted by Gasteiger charge is -2.33. The van der Waals surface area contributed by atoms with Crippen molar-refractivity contribution < 1.29 is 0 Å². The van der Waals surface area contributed by atoms with Gasteiger partial charge in [-0.25, -0.2) is 0 Å². The summed E-state index contributed by atoms with van der Waals surface area (Å²) < 4.78 is 0. The van der Waals surface area contributed by atoms with Gasteiger partial charge in [0.25, 0.3) is 0 Å². The van der Waals surface area contributed by atoms with Crippen molar-refractivity contribution in [1.29, 1.82) is 0 Å². The molecule has 10 aromatic rings. The summed E-state index contributed by atoms with van der Waals surface area (Å²) in [4.78, 5) is 2.56. The van der Waals surface area contributed by atoms with E-state index in [-0.39, 0.29) is 0 Å². The molecule has 0 aliphatic rings. The van der Waals surface area contributed by atoms with E-state index in [2.05, 4.69) is 148 Å². The Hall–Kier alpha value is -5.40. The van der Waals surface area contributed by atoms with E-state index in [1.807, 2.05) is 0 Å². The number of aryl methyl sites for hydroxylation is 4. The summed E-state index contributed by atoms with van der Waals surface area (Å²) in [6.45, 7) is 8.88. The van der Waals surface area contributed by atoms with E-state index in [1.54, 1.807) is 0 Å². The van der Waals surface area contributed by atoms with Crippen LogP contribution in [0.5, 0.6) is 0 Å². The van der Waals surface area contributed by atoms with E-state index in [9.17, 15) is 0 Å². The summed E-state index contributed by atoms with van der Waals surface area (Å²) >= 11 is 0. The lowest BCUT2D eigenvalue weighted by atomic mass is 9.80. The molecule has 10 rings (SSSR count). The SMILES string of the molecule is Cc1ccc(N(c2ccc(C)cc2C)c2c3cccc4c5cccc6cc7cccc8c9cccc2c9c(c34)c(c65)c78)c(C)c1. The Morgan fingerprint density at radius 2 is 0.756 bits per heavy atom. The van der Waals surface area contributed by atoms with Crippen molar-refractivity contribution in [3.8, 4) is 0 Å². The number of nitrogens with zero attached hydrogens (tertiary/aromatic N) is 1. The molecule has 1 nitrogen and oxygen atoms in total. The third kappa shape index (κ3) is 3.13. The van der Waals surface area contributed by atoms with Crippen molar-refractivity contribution in [2.45, 2.75) is 27.7 Å². The molecular formula is C44H31N. The number of anilines is 3. The van der Waals surface area contributed by atoms with Crippen molar-refractivity contribution in [2.75, 3.05) is 4.90 Å². The summed E-state index contributed by atoms with van der Waals surface area (Å²) in [6, 6.07) is 43.8. The van der Waals surface area contributed by atoms with Gasteiger partial charge in [0.05, 0.1) is 5.69 Å². The van der Waals surface area contributed by atoms with Crippen molar-refractivity contribution >= 4 is 92.5 Å². The Bertz CT molecular complexity index is 2620. The minimum atomic E-state index is 1.22. The molecule has 0 spiro atoms. The van der Waals surface area contributed by atoms with E-state index < -0.39 is 0 Å². The zero-order valence-electron chi connectivity index (χ0n) is 25.9. The second-order valence-corrected chi connectivity index (χ2v) is 13.2. The van der Waals surface area contributed by atoms with Crippen LogP contribution in [0.15, 0.2) is 115 Å². The Morgan fingerprint density at radius 1 is 0.356 bits per heavy atom. The summed E-state index contributed by atoms with van der Waals surface area (Å²) in [7, 11) is 0. The van der Waals surface area contributed by atoms with Gasteiger partial charge in [-0.3, -0.25) is 0 Å². The molecular weight excluding hydrogens is 542 g/mol. The standard InChI is InChI=1S/C44H31N/c1-24-17-19-36(26(3)21-24)45(37-20-18-25(2)22-27(37)4)44-34-15-7-13-32-30-11-5-9-28-23-29-10-6-12-31-33-14-8-16-35(44)41(33)43(40(32)34)42(38(28)30)39(29)31/h5-23H,1-4H3. The zero-order chi connectivity index (χ0) is 30.1. The predicted molar refractivity (Wildman–Crippen MR) is 196 cm³/mol. The monoisotopic (exact) mass is 573 g/mol. The average molecular weight is 574 g/mol. The Balaban J connectivity index is 1.52. The number of hydrogen-bond donors (Lipinski definition) is 0. The highest BCUT2D eigenvalue weighted by molar-refractivity contribution is 6.50. The van der Waals surface area contributed by atoms with E-state index in [4.69, 9.17) is 0 Å². The molecule has 0 aliphatic heterocycles. The number of benzene rings is 10. The maximum absolute atomic E-state index is 2.56. The molecule has 0 saturated carbocycles. The molecule has 0 N–H and O–H groups in total. The average Bonchev–Trinajstić information content (AvgIpc) is 3.04. The third-order valence-electron chi connectivity index (χ3n) is 10.4. The first-order chi connectivity index (χ1) is 22.0. The fourth-order valence-corrected chi connectivity index (χ4v) is 8.66. The van der Waals surface area contributed by atoms with Gasteiger partial charge in [-0.15, -0.1) is 0 Å². The van der Waals surface area contributed by atoms with Gasteiger partial charge in [0.15, 0.2) is 0 Å². The van der Waals surface area contributed by atoms with Crippen LogP contribution in [0.25, 0.3) is 75.4 Å². The largest absolute Gasteiger partial charge is 0.309 e. The second kappa shape index (κ2) is 8.61. The van der Waals surface area contributed by atoms with Crippen LogP contribution >= 0.6 is 0 Å². The quantitative estimate of drug-likeness (QED) is 0.150. The third-order valence-corrected chi connectivity index (χ3v) is 10.4. The lowest BCUT2D eigenvalue weighted by Crippen LogP contribution is -2.14. The van der Waals surface area contributed by atoms with Crippen molar-refractivity contribution in [3.05, 3.63) is 138 Å².